The van der Waals surface area contributed by atoms with Gasteiger partial charge in [-0.3, -0.25) is 10.2 Å². The summed E-state index contributed by atoms with van der Waals surface area (Å²) in [6, 6.07) is 0. The van der Waals surface area contributed by atoms with Gasteiger partial charge in [0.2, 0.25) is 11.9 Å². The van der Waals surface area contributed by atoms with Gasteiger partial charge in [0, 0.05) is 31.3 Å². The summed E-state index contributed by atoms with van der Waals surface area (Å²) in [5.41, 5.74) is 3.29. The molecule has 0 fully saturated rings. The lowest BCUT2D eigenvalue weighted by atomic mass is 10.3. The van der Waals surface area contributed by atoms with Crippen molar-refractivity contribution in [3.8, 4) is 0 Å². The molecule has 1 aromatic rings. The van der Waals surface area contributed by atoms with Gasteiger partial charge in [-0.1, -0.05) is 6.92 Å². The number of amides is 1. The number of nitrogens with one attached hydrogen (secondary N) is 3. The van der Waals surface area contributed by atoms with E-state index in [9.17, 15) is 4.79 Å². The molecule has 1 rings (SSSR count). The van der Waals surface area contributed by atoms with Gasteiger partial charge in [0.25, 0.3) is 0 Å². The fraction of sp³-hybridized carbons (Fsp3) is 0.545. The van der Waals surface area contributed by atoms with E-state index in [-0.39, 0.29) is 5.91 Å². The molecule has 0 spiro atoms. The van der Waals surface area contributed by atoms with E-state index in [0.29, 0.717) is 31.3 Å². The van der Waals surface area contributed by atoms with Crippen molar-refractivity contribution < 1.29 is 4.79 Å². The average molecular weight is 252 g/mol. The minimum Gasteiger partial charge on any atom is -0.369 e. The maximum atomic E-state index is 11.4. The lowest BCUT2D eigenvalue weighted by Gasteiger charge is -2.09. The van der Waals surface area contributed by atoms with E-state index >= 15 is 0 Å². The molecule has 0 aromatic carbocycles. The first-order valence-corrected chi connectivity index (χ1v) is 5.98. The largest absolute Gasteiger partial charge is 0.369 e. The number of carbonyl (C=O) groups is 1. The van der Waals surface area contributed by atoms with E-state index in [4.69, 9.17) is 5.84 Å². The fourth-order valence-corrected chi connectivity index (χ4v) is 1.34. The second kappa shape index (κ2) is 7.44. The van der Waals surface area contributed by atoms with Crippen LogP contribution < -0.4 is 21.9 Å². The summed E-state index contributed by atoms with van der Waals surface area (Å²) in [5, 5.41) is 5.90. The molecule has 7 heteroatoms. The first-order chi connectivity index (χ1) is 8.67. The molecule has 100 valence electrons. The molecular formula is C11H20N6O. The van der Waals surface area contributed by atoms with Gasteiger partial charge in [-0.2, -0.15) is 4.98 Å². The number of hydrogen-bond acceptors (Lipinski definition) is 6. The van der Waals surface area contributed by atoms with Crippen LogP contribution in [0.15, 0.2) is 6.20 Å². The Hall–Kier alpha value is -1.89. The maximum absolute atomic E-state index is 11.4. The molecule has 0 saturated carbocycles. The summed E-state index contributed by atoms with van der Waals surface area (Å²) < 4.78 is 0. The molecule has 0 aliphatic heterocycles. The summed E-state index contributed by atoms with van der Waals surface area (Å²) in [6.07, 6.45) is 3.02. The molecule has 1 heterocycles. The van der Waals surface area contributed by atoms with Gasteiger partial charge >= 0.3 is 0 Å². The standard InChI is InChI=1S/C11H20N6O/c1-3-5-13-9(18)4-6-14-10-8(2)7-15-11(16-10)17-12/h7H,3-6,12H2,1-2H3,(H,13,18)(H2,14,15,16,17). The number of nitrogen functional groups attached to an aromatic ring is 1. The SMILES string of the molecule is CCCNC(=O)CCNc1nc(NN)ncc1C. The predicted octanol–water partition coefficient (Wildman–Crippen LogP) is 0.399. The quantitative estimate of drug-likeness (QED) is 0.413. The Kier molecular flexibility index (Phi) is 5.86. The van der Waals surface area contributed by atoms with E-state index in [1.165, 1.54) is 0 Å². The molecule has 0 radical (unpaired) electrons. The minimum absolute atomic E-state index is 0.0354. The van der Waals surface area contributed by atoms with Gasteiger partial charge in [0.05, 0.1) is 0 Å². The zero-order valence-corrected chi connectivity index (χ0v) is 10.8. The summed E-state index contributed by atoms with van der Waals surface area (Å²) in [6.45, 7) is 5.15. The highest BCUT2D eigenvalue weighted by atomic mass is 16.1. The van der Waals surface area contributed by atoms with Crippen LogP contribution in [-0.2, 0) is 4.79 Å². The van der Waals surface area contributed by atoms with Gasteiger partial charge in [-0.05, 0) is 13.3 Å². The third-order valence-corrected chi connectivity index (χ3v) is 2.32. The summed E-state index contributed by atoms with van der Waals surface area (Å²) >= 11 is 0. The van der Waals surface area contributed by atoms with Crippen molar-refractivity contribution in [3.63, 3.8) is 0 Å². The Labute approximate surface area is 107 Å². The van der Waals surface area contributed by atoms with Crippen LogP contribution in [-0.4, -0.2) is 29.0 Å². The van der Waals surface area contributed by atoms with Crippen LogP contribution in [0.5, 0.6) is 0 Å². The molecule has 5 N–H and O–H groups in total. The molecule has 0 aliphatic carbocycles. The van der Waals surface area contributed by atoms with E-state index in [1.807, 2.05) is 13.8 Å². The van der Waals surface area contributed by atoms with E-state index in [0.717, 1.165) is 12.0 Å². The van der Waals surface area contributed by atoms with Crippen molar-refractivity contribution in [3.05, 3.63) is 11.8 Å². The maximum Gasteiger partial charge on any atom is 0.239 e. The van der Waals surface area contributed by atoms with Crippen LogP contribution in [0.3, 0.4) is 0 Å². The van der Waals surface area contributed by atoms with Crippen LogP contribution in [0, 0.1) is 6.92 Å². The molecule has 18 heavy (non-hydrogen) atoms. The number of rotatable bonds is 7. The highest BCUT2D eigenvalue weighted by Crippen LogP contribution is 2.11. The van der Waals surface area contributed by atoms with Crippen molar-refractivity contribution in [1.29, 1.82) is 0 Å². The van der Waals surface area contributed by atoms with Gasteiger partial charge in [-0.15, -0.1) is 0 Å². The van der Waals surface area contributed by atoms with Gasteiger partial charge in [-0.25, -0.2) is 10.8 Å². The van der Waals surface area contributed by atoms with Crippen LogP contribution >= 0.6 is 0 Å². The average Bonchev–Trinajstić information content (AvgIpc) is 2.38. The smallest absolute Gasteiger partial charge is 0.239 e. The molecule has 1 aromatic heterocycles. The minimum atomic E-state index is 0.0354. The molecule has 7 nitrogen and oxygen atoms in total. The van der Waals surface area contributed by atoms with Crippen molar-refractivity contribution >= 4 is 17.7 Å². The molecular weight excluding hydrogens is 232 g/mol. The fourth-order valence-electron chi connectivity index (χ4n) is 1.34. The molecule has 0 bridgehead atoms. The summed E-state index contributed by atoms with van der Waals surface area (Å²) in [7, 11) is 0. The number of anilines is 2. The number of aromatic nitrogens is 2. The van der Waals surface area contributed by atoms with Gasteiger partial charge < -0.3 is 10.6 Å². The molecule has 0 aliphatic rings. The number of hydrogen-bond donors (Lipinski definition) is 4. The number of nitrogens with two attached hydrogens (primary N) is 1. The second-order valence-corrected chi connectivity index (χ2v) is 3.90. The third kappa shape index (κ3) is 4.54. The van der Waals surface area contributed by atoms with Crippen LogP contribution in [0.4, 0.5) is 11.8 Å². The Morgan fingerprint density at radius 2 is 2.22 bits per heavy atom. The van der Waals surface area contributed by atoms with Gasteiger partial charge in [0.15, 0.2) is 0 Å². The van der Waals surface area contributed by atoms with Crippen LogP contribution in [0.1, 0.15) is 25.3 Å². The number of nitrogens with zero attached hydrogens (tertiary/aromatic N) is 2. The van der Waals surface area contributed by atoms with E-state index < -0.39 is 0 Å². The second-order valence-electron chi connectivity index (χ2n) is 3.90. The zero-order chi connectivity index (χ0) is 13.4. The molecule has 1 amide bonds. The van der Waals surface area contributed by atoms with Crippen molar-refractivity contribution in [2.45, 2.75) is 26.7 Å². The monoisotopic (exact) mass is 252 g/mol. The Balaban J connectivity index is 2.41. The van der Waals surface area contributed by atoms with Crippen LogP contribution in [0.2, 0.25) is 0 Å². The van der Waals surface area contributed by atoms with Crippen molar-refractivity contribution in [2.75, 3.05) is 23.8 Å². The van der Waals surface area contributed by atoms with Crippen molar-refractivity contribution in [1.82, 2.24) is 15.3 Å². The summed E-state index contributed by atoms with van der Waals surface area (Å²) in [5.74, 6) is 6.30. The zero-order valence-electron chi connectivity index (χ0n) is 10.8. The lowest BCUT2D eigenvalue weighted by Crippen LogP contribution is -2.26. The normalized spacial score (nSPS) is 9.94. The Bertz CT molecular complexity index is 395. The Morgan fingerprint density at radius 1 is 1.44 bits per heavy atom. The lowest BCUT2D eigenvalue weighted by molar-refractivity contribution is -0.120. The third-order valence-electron chi connectivity index (χ3n) is 2.32. The first-order valence-electron chi connectivity index (χ1n) is 5.98. The molecule has 0 unspecified atom stereocenters. The van der Waals surface area contributed by atoms with Gasteiger partial charge in [0.1, 0.15) is 5.82 Å². The molecule has 0 saturated heterocycles. The topological polar surface area (TPSA) is 105 Å². The van der Waals surface area contributed by atoms with Crippen LogP contribution in [0.25, 0.3) is 0 Å². The van der Waals surface area contributed by atoms with E-state index in [2.05, 4.69) is 26.0 Å². The predicted molar refractivity (Wildman–Crippen MR) is 71.0 cm³/mol. The Morgan fingerprint density at radius 3 is 2.89 bits per heavy atom. The van der Waals surface area contributed by atoms with Crippen molar-refractivity contribution in [2.24, 2.45) is 5.84 Å². The number of carbonyl (C=O) groups excluding carboxylic acids is 1. The summed E-state index contributed by atoms with van der Waals surface area (Å²) in [4.78, 5) is 19.5. The first kappa shape index (κ1) is 14.2. The highest BCUT2D eigenvalue weighted by molar-refractivity contribution is 5.76. The number of hydrazine groups is 1. The number of aryl methyl sites for hydroxylation is 1. The molecule has 0 atom stereocenters. The highest BCUT2D eigenvalue weighted by Gasteiger charge is 2.04. The van der Waals surface area contributed by atoms with E-state index in [1.54, 1.807) is 6.20 Å².